The van der Waals surface area contributed by atoms with Crippen molar-refractivity contribution in [3.63, 3.8) is 0 Å². The summed E-state index contributed by atoms with van der Waals surface area (Å²) in [5.41, 5.74) is 2.76. The molecule has 0 unspecified atom stereocenters. The van der Waals surface area contributed by atoms with E-state index in [4.69, 9.17) is 9.15 Å². The quantitative estimate of drug-likeness (QED) is 0.321. The number of nitrogens with zero attached hydrogens (tertiary/aromatic N) is 2. The molecule has 3 aromatic carbocycles. The summed E-state index contributed by atoms with van der Waals surface area (Å²) in [6.07, 6.45) is 0. The zero-order chi connectivity index (χ0) is 22.8. The number of anilines is 1. The Kier molecular flexibility index (Phi) is 5.46. The Balaban J connectivity index is 1.57. The van der Waals surface area contributed by atoms with Crippen molar-refractivity contribution in [2.24, 2.45) is 0 Å². The molecule has 1 heterocycles. The second kappa shape index (κ2) is 8.38. The monoisotopic (exact) mass is 433 g/mol. The number of carbonyl (C=O) groups excluding carboxylic acids is 1. The maximum absolute atomic E-state index is 12.6. The Hall–Kier alpha value is -4.40. The molecule has 32 heavy (non-hydrogen) atoms. The number of fused-ring (bicyclic) bond motifs is 1. The minimum absolute atomic E-state index is 0.0815. The number of benzene rings is 3. The Labute approximate surface area is 182 Å². The van der Waals surface area contributed by atoms with Gasteiger partial charge >= 0.3 is 5.69 Å². The van der Waals surface area contributed by atoms with Crippen LogP contribution >= 0.6 is 0 Å². The van der Waals surface area contributed by atoms with Gasteiger partial charge in [0, 0.05) is 23.4 Å². The minimum Gasteiger partial charge on any atom is -0.507 e. The van der Waals surface area contributed by atoms with Crippen LogP contribution in [0.15, 0.2) is 59.0 Å². The first-order valence-corrected chi connectivity index (χ1v) is 9.79. The third kappa shape index (κ3) is 4.08. The van der Waals surface area contributed by atoms with Gasteiger partial charge in [-0.05, 0) is 55.8 Å². The van der Waals surface area contributed by atoms with Crippen LogP contribution in [0.3, 0.4) is 0 Å². The molecule has 2 N–H and O–H groups in total. The molecule has 0 aliphatic carbocycles. The van der Waals surface area contributed by atoms with Gasteiger partial charge in [-0.2, -0.15) is 0 Å². The van der Waals surface area contributed by atoms with Crippen molar-refractivity contribution in [1.82, 2.24) is 4.98 Å². The summed E-state index contributed by atoms with van der Waals surface area (Å²) in [7, 11) is 0. The lowest BCUT2D eigenvalue weighted by Crippen LogP contribution is -2.12. The van der Waals surface area contributed by atoms with E-state index in [9.17, 15) is 20.0 Å². The second-order valence-electron chi connectivity index (χ2n) is 7.05. The maximum Gasteiger partial charge on any atom is 0.311 e. The van der Waals surface area contributed by atoms with Gasteiger partial charge in [-0.3, -0.25) is 14.9 Å². The highest BCUT2D eigenvalue weighted by Crippen LogP contribution is 2.34. The molecule has 0 atom stereocenters. The first-order chi connectivity index (χ1) is 15.4. The fourth-order valence-corrected chi connectivity index (χ4v) is 3.23. The number of nitro groups is 1. The number of nitrogens with one attached hydrogen (secondary N) is 1. The van der Waals surface area contributed by atoms with Crippen molar-refractivity contribution in [3.8, 4) is 23.0 Å². The van der Waals surface area contributed by atoms with E-state index in [0.29, 0.717) is 22.4 Å². The summed E-state index contributed by atoms with van der Waals surface area (Å²) >= 11 is 0. The molecule has 0 bridgehead atoms. The molecule has 0 saturated carbocycles. The SMILES string of the molecule is CCOc1ccc(C(=O)Nc2ccc(-c3nc4cc(C)ccc4o3)c(O)c2)cc1[N+](=O)[O-]. The molecule has 4 aromatic rings. The number of carbonyl (C=O) groups is 1. The Bertz CT molecular complexity index is 1350. The molecule has 0 spiro atoms. The first kappa shape index (κ1) is 20.9. The van der Waals surface area contributed by atoms with E-state index in [-0.39, 0.29) is 35.2 Å². The van der Waals surface area contributed by atoms with Gasteiger partial charge in [0.1, 0.15) is 11.3 Å². The number of rotatable bonds is 6. The van der Waals surface area contributed by atoms with E-state index in [0.717, 1.165) is 11.6 Å². The number of amides is 1. The average Bonchev–Trinajstić information content (AvgIpc) is 3.16. The molecule has 0 radical (unpaired) electrons. The number of ether oxygens (including phenoxy) is 1. The van der Waals surface area contributed by atoms with E-state index in [1.54, 1.807) is 19.1 Å². The predicted octanol–water partition coefficient (Wildman–Crippen LogP) is 5.07. The highest BCUT2D eigenvalue weighted by molar-refractivity contribution is 6.05. The van der Waals surface area contributed by atoms with Crippen LogP contribution in [-0.4, -0.2) is 27.5 Å². The number of aryl methyl sites for hydroxylation is 1. The van der Waals surface area contributed by atoms with E-state index >= 15 is 0 Å². The second-order valence-corrected chi connectivity index (χ2v) is 7.05. The smallest absolute Gasteiger partial charge is 0.311 e. The standard InChI is InChI=1S/C23H19N3O6/c1-3-31-21-9-5-14(11-18(21)26(29)30)22(28)24-15-6-7-16(19(27)12-15)23-25-17-10-13(2)4-8-20(17)32-23/h4-12,27H,3H2,1-2H3,(H,24,28). The van der Waals surface area contributed by atoms with Gasteiger partial charge in [0.25, 0.3) is 5.91 Å². The summed E-state index contributed by atoms with van der Waals surface area (Å²) in [4.78, 5) is 27.7. The van der Waals surface area contributed by atoms with Crippen molar-refractivity contribution < 1.29 is 24.0 Å². The first-order valence-electron chi connectivity index (χ1n) is 9.79. The number of nitro benzene ring substituents is 1. The number of aromatic nitrogens is 1. The van der Waals surface area contributed by atoms with Gasteiger partial charge in [-0.15, -0.1) is 0 Å². The lowest BCUT2D eigenvalue weighted by Gasteiger charge is -2.09. The van der Waals surface area contributed by atoms with Crippen molar-refractivity contribution in [3.05, 3.63) is 75.8 Å². The van der Waals surface area contributed by atoms with E-state index in [1.807, 2.05) is 25.1 Å². The maximum atomic E-state index is 12.6. The largest absolute Gasteiger partial charge is 0.507 e. The Morgan fingerprint density at radius 3 is 2.72 bits per heavy atom. The van der Waals surface area contributed by atoms with Crippen molar-refractivity contribution in [2.75, 3.05) is 11.9 Å². The number of oxazole rings is 1. The molecule has 0 aliphatic heterocycles. The van der Waals surface area contributed by atoms with Gasteiger partial charge in [0.2, 0.25) is 5.89 Å². The van der Waals surface area contributed by atoms with Crippen LogP contribution < -0.4 is 10.1 Å². The predicted molar refractivity (Wildman–Crippen MR) is 118 cm³/mol. The molecule has 4 rings (SSSR count). The summed E-state index contributed by atoms with van der Waals surface area (Å²) in [6.45, 7) is 3.92. The number of hydrogen-bond donors (Lipinski definition) is 2. The van der Waals surface area contributed by atoms with Gasteiger partial charge in [0.05, 0.1) is 17.1 Å². The lowest BCUT2D eigenvalue weighted by atomic mass is 10.1. The minimum atomic E-state index is -0.607. The Morgan fingerprint density at radius 1 is 1.19 bits per heavy atom. The fourth-order valence-electron chi connectivity index (χ4n) is 3.23. The molecule has 162 valence electrons. The molecule has 9 heteroatoms. The molecule has 0 saturated heterocycles. The van der Waals surface area contributed by atoms with Crippen LogP contribution in [0, 0.1) is 17.0 Å². The zero-order valence-corrected chi connectivity index (χ0v) is 17.3. The van der Waals surface area contributed by atoms with Crippen LogP contribution in [0.4, 0.5) is 11.4 Å². The van der Waals surface area contributed by atoms with Crippen molar-refractivity contribution in [2.45, 2.75) is 13.8 Å². The highest BCUT2D eigenvalue weighted by atomic mass is 16.6. The zero-order valence-electron chi connectivity index (χ0n) is 17.3. The van der Waals surface area contributed by atoms with E-state index < -0.39 is 10.8 Å². The fraction of sp³-hybridized carbons (Fsp3) is 0.130. The van der Waals surface area contributed by atoms with Crippen LogP contribution in [0.2, 0.25) is 0 Å². The molecular weight excluding hydrogens is 414 g/mol. The summed E-state index contributed by atoms with van der Waals surface area (Å²) < 4.78 is 10.9. The van der Waals surface area contributed by atoms with E-state index in [2.05, 4.69) is 10.3 Å². The van der Waals surface area contributed by atoms with Gasteiger partial charge < -0.3 is 19.6 Å². The van der Waals surface area contributed by atoms with Crippen LogP contribution in [0.25, 0.3) is 22.6 Å². The number of hydrogen-bond acceptors (Lipinski definition) is 7. The highest BCUT2D eigenvalue weighted by Gasteiger charge is 2.19. The molecule has 0 aliphatic rings. The molecular formula is C23H19N3O6. The number of aromatic hydroxyl groups is 1. The lowest BCUT2D eigenvalue weighted by molar-refractivity contribution is -0.385. The average molecular weight is 433 g/mol. The summed E-state index contributed by atoms with van der Waals surface area (Å²) in [6, 6.07) is 14.1. The van der Waals surface area contributed by atoms with E-state index in [1.165, 1.54) is 18.2 Å². The third-order valence-corrected chi connectivity index (χ3v) is 4.75. The molecule has 0 fully saturated rings. The van der Waals surface area contributed by atoms with Gasteiger partial charge in [-0.25, -0.2) is 4.98 Å². The van der Waals surface area contributed by atoms with Crippen LogP contribution in [-0.2, 0) is 0 Å². The topological polar surface area (TPSA) is 128 Å². The molecule has 1 aromatic heterocycles. The van der Waals surface area contributed by atoms with Crippen molar-refractivity contribution >= 4 is 28.4 Å². The van der Waals surface area contributed by atoms with Crippen LogP contribution in [0.1, 0.15) is 22.8 Å². The number of phenols is 1. The molecule has 1 amide bonds. The van der Waals surface area contributed by atoms with Crippen LogP contribution in [0.5, 0.6) is 11.5 Å². The number of phenolic OH excluding ortho intramolecular Hbond substituents is 1. The van der Waals surface area contributed by atoms with Gasteiger partial charge in [-0.1, -0.05) is 6.07 Å². The molecule has 9 nitrogen and oxygen atoms in total. The summed E-state index contributed by atoms with van der Waals surface area (Å²) in [5, 5.41) is 24.4. The third-order valence-electron chi connectivity index (χ3n) is 4.75. The Morgan fingerprint density at radius 2 is 2.00 bits per heavy atom. The van der Waals surface area contributed by atoms with Gasteiger partial charge in [0.15, 0.2) is 11.3 Å². The normalized spacial score (nSPS) is 10.8. The van der Waals surface area contributed by atoms with Crippen molar-refractivity contribution in [1.29, 1.82) is 0 Å². The summed E-state index contributed by atoms with van der Waals surface area (Å²) in [5.74, 6) is -0.364.